The summed E-state index contributed by atoms with van der Waals surface area (Å²) < 4.78 is 28.8. The molecular weight excluding hydrogens is 1410 g/mol. The third kappa shape index (κ3) is 23.9. The van der Waals surface area contributed by atoms with Crippen molar-refractivity contribution in [2.75, 3.05) is 58.2 Å². The number of imidazole rings is 1. The molecule has 0 spiro atoms. The molecule has 2 aliphatic rings. The van der Waals surface area contributed by atoms with Crippen LogP contribution in [0.1, 0.15) is 121 Å². The number of aliphatic hydroxyl groups excluding tert-OH is 8. The van der Waals surface area contributed by atoms with Crippen molar-refractivity contribution in [3.05, 3.63) is 56.8 Å². The molecular formula is C61H95N19O22S2. The van der Waals surface area contributed by atoms with Gasteiger partial charge in [-0.05, 0) is 59.5 Å². The van der Waals surface area contributed by atoms with Gasteiger partial charge in [0.25, 0.3) is 11.8 Å². The van der Waals surface area contributed by atoms with E-state index in [2.05, 4.69) is 72.4 Å². The predicted octanol–water partition coefficient (Wildman–Crippen LogP) is -7.30. The quantitative estimate of drug-likeness (QED) is 0.0183. The van der Waals surface area contributed by atoms with Gasteiger partial charge in [0.15, 0.2) is 18.7 Å². The van der Waals surface area contributed by atoms with Crippen LogP contribution in [0.3, 0.4) is 0 Å². The number of aliphatic hydroxyl groups is 8. The third-order valence-corrected chi connectivity index (χ3v) is 18.4. The van der Waals surface area contributed by atoms with Crippen molar-refractivity contribution in [2.45, 2.75) is 189 Å². The van der Waals surface area contributed by atoms with Gasteiger partial charge in [-0.1, -0.05) is 13.8 Å². The Morgan fingerprint density at radius 2 is 1.41 bits per heavy atom. The number of hydrogen-bond acceptors (Lipinski definition) is 33. The van der Waals surface area contributed by atoms with Crippen molar-refractivity contribution in [1.29, 1.82) is 0 Å². The van der Waals surface area contributed by atoms with Gasteiger partial charge in [0.05, 0.1) is 72.7 Å². The molecule has 2 fully saturated rings. The SMILES string of the molecule is CCCC(=O)NCCCCNCCCNC(=O)c1csc(-c2csc(CCNC(=O)[C@@H](NC(=O)[C@@H](C)C(O)C(C)NC(=O)[C@@H](NC(=O)c3nc([C@H](CC(N)=O)NCC(N)C(N)=O)nc(N)c3C)[C@@H](O[C@@H]3O[C@@H](CO)[C@@H](O)[C@@H](O)[C@@H]3OC3O[C@H](CO)[C@@H](O)[C@H](OC(N)=O)[C@@H]3O)c3cnc[nH]3)[C@@H](C)O)n2)n1. The molecule has 6 rings (SSSR count). The van der Waals surface area contributed by atoms with Crippen LogP contribution in [0.2, 0.25) is 0 Å². The Bertz CT molecular complexity index is 3490. The first kappa shape index (κ1) is 84.7. The van der Waals surface area contributed by atoms with Crippen LogP contribution in [-0.2, 0) is 58.9 Å². The normalized spacial score (nSPS) is 22.9. The molecule has 0 radical (unpaired) electrons. The summed E-state index contributed by atoms with van der Waals surface area (Å²) in [7, 11) is 0. The van der Waals surface area contributed by atoms with E-state index >= 15 is 4.79 Å². The molecule has 41 nitrogen and oxygen atoms in total. The fourth-order valence-corrected chi connectivity index (χ4v) is 12.3. The monoisotopic (exact) mass is 1510 g/mol. The summed E-state index contributed by atoms with van der Waals surface area (Å²) in [6.07, 6.45) is -21.5. The average molecular weight is 1510 g/mol. The van der Waals surface area contributed by atoms with Crippen LogP contribution in [0.4, 0.5) is 10.6 Å². The molecule has 43 heteroatoms. The number of unbranched alkanes of at least 4 members (excludes halogenated alkanes) is 1. The van der Waals surface area contributed by atoms with Crippen molar-refractivity contribution in [3.8, 4) is 10.7 Å². The number of aromatic amines is 1. The molecule has 4 aromatic rings. The second-order valence-corrected chi connectivity index (χ2v) is 26.5. The molecule has 4 unspecified atom stereocenters. The van der Waals surface area contributed by atoms with E-state index in [9.17, 15) is 79.2 Å². The van der Waals surface area contributed by atoms with Crippen molar-refractivity contribution in [3.63, 3.8) is 0 Å². The number of amides is 9. The van der Waals surface area contributed by atoms with Gasteiger partial charge in [-0.3, -0.25) is 38.4 Å². The average Bonchev–Trinajstić information content (AvgIpc) is 0.955. The lowest BCUT2D eigenvalue weighted by Gasteiger charge is -2.47. The minimum Gasteiger partial charge on any atom is -0.441 e. The van der Waals surface area contributed by atoms with Gasteiger partial charge >= 0.3 is 6.09 Å². The number of carbonyl (C=O) groups excluding carboxylic acids is 9. The minimum absolute atomic E-state index is 0.0237. The van der Waals surface area contributed by atoms with Gasteiger partial charge in [-0.15, -0.1) is 22.7 Å². The Kier molecular flexibility index (Phi) is 33.3. The van der Waals surface area contributed by atoms with Crippen molar-refractivity contribution >= 4 is 81.8 Å². The highest BCUT2D eigenvalue weighted by molar-refractivity contribution is 7.14. The van der Waals surface area contributed by atoms with Crippen LogP contribution >= 0.6 is 22.7 Å². The fraction of sp³-hybridized carbons (Fsp3) is 0.639. The minimum atomic E-state index is -2.20. The number of hydrogen-bond donors (Lipinski definition) is 22. The van der Waals surface area contributed by atoms with E-state index in [0.29, 0.717) is 48.2 Å². The lowest BCUT2D eigenvalue weighted by atomic mass is 9.96. The van der Waals surface area contributed by atoms with Crippen molar-refractivity contribution in [1.82, 2.24) is 72.4 Å². The lowest BCUT2D eigenvalue weighted by molar-refractivity contribution is -0.372. The topological polar surface area (TPSA) is 668 Å². The predicted molar refractivity (Wildman–Crippen MR) is 365 cm³/mol. The molecule has 4 aromatic heterocycles. The summed E-state index contributed by atoms with van der Waals surface area (Å²) in [5.74, 6) is -8.74. The number of nitrogen functional groups attached to an aromatic ring is 1. The number of nitrogens with zero attached hydrogens (tertiary/aromatic N) is 5. The number of primary amides is 3. The van der Waals surface area contributed by atoms with Crippen LogP contribution < -0.4 is 71.2 Å². The molecule has 2 aliphatic heterocycles. The number of thiazole rings is 2. The van der Waals surface area contributed by atoms with E-state index in [4.69, 9.17) is 52.4 Å². The zero-order chi connectivity index (χ0) is 76.6. The Balaban J connectivity index is 1.18. The highest BCUT2D eigenvalue weighted by Crippen LogP contribution is 2.35. The van der Waals surface area contributed by atoms with E-state index in [-0.39, 0.29) is 59.9 Å². The summed E-state index contributed by atoms with van der Waals surface area (Å²) in [5, 5.41) is 114. The number of carbonyl (C=O) groups is 9. The largest absolute Gasteiger partial charge is 0.441 e. The number of anilines is 1. The van der Waals surface area contributed by atoms with Crippen LogP contribution in [-0.4, -0.2) is 274 Å². The lowest BCUT2D eigenvalue weighted by Crippen LogP contribution is -2.65. The summed E-state index contributed by atoms with van der Waals surface area (Å²) in [5.41, 5.74) is 28.0. The highest BCUT2D eigenvalue weighted by Gasteiger charge is 2.54. The molecule has 578 valence electrons. The van der Waals surface area contributed by atoms with Crippen molar-refractivity contribution < 1.29 is 108 Å². The Hall–Kier alpha value is -8.22. The maximum atomic E-state index is 15.2. The van der Waals surface area contributed by atoms with Gasteiger partial charge in [0.1, 0.15) is 94.6 Å². The smallest absolute Gasteiger partial charge is 0.404 e. The van der Waals surface area contributed by atoms with E-state index in [1.54, 1.807) is 10.8 Å². The maximum absolute atomic E-state index is 15.2. The molecule has 0 saturated carbocycles. The number of rotatable bonds is 42. The first-order valence-corrected chi connectivity index (χ1v) is 35.1. The molecule has 0 aromatic carbocycles. The Labute approximate surface area is 603 Å². The Morgan fingerprint density at radius 1 is 0.731 bits per heavy atom. The number of ether oxygens (including phenoxy) is 5. The standard InChI is InChI=1S/C61H95N19O22S2/c1-6-10-37(85)69-14-8-7-12-67-13-9-15-70-54(93)32-22-104-58(76-32)33-23-103-38(75-33)11-16-71-55(94)40(28(5)83)78-53(92)26(3)42(86)27(4)74-57(96)41(79-56(95)39-25(2)50(64)80-52(77-39)30(17-36(63)84)72-18-29(62)51(65)91)47(31-19-68-24-73-31)100-60-49(45(89)43(87)34(20-81)99-60)101-59-46(90)48(102-61(66)97)44(88)35(21-82)98-59/h19,22-24,26-30,34-35,40-49,59-60,67,72,81-83,86-90H,6-18,20-21,62H2,1-5H3,(H2,63,84)(H2,65,91)(H2,66,97)(H,68,73)(H,69,85)(H,70,93)(H,71,94)(H,74,96)(H,78,92)(H,79,95)(H2,64,77,80)/t26-,27?,28+,29?,30-,34-,35+,40-,41-,42?,43+,44+,45+,46-,47-,48-,49-,59?,60-/m0/s1. The number of aromatic nitrogens is 6. The summed E-state index contributed by atoms with van der Waals surface area (Å²) in [4.78, 5) is 143. The summed E-state index contributed by atoms with van der Waals surface area (Å²) in [6.45, 7) is 7.08. The van der Waals surface area contributed by atoms with Crippen LogP contribution in [0, 0.1) is 12.8 Å². The van der Waals surface area contributed by atoms with Gasteiger partial charge < -0.3 is 141 Å². The molecule has 9 amide bonds. The molecule has 27 N–H and O–H groups in total. The number of nitrogens with two attached hydrogens (primary N) is 5. The number of H-pyrrole nitrogens is 1. The van der Waals surface area contributed by atoms with E-state index < -0.39 is 183 Å². The molecule has 0 bridgehead atoms. The van der Waals surface area contributed by atoms with Gasteiger partial charge in [0.2, 0.25) is 35.4 Å². The zero-order valence-corrected chi connectivity index (χ0v) is 59.3. The summed E-state index contributed by atoms with van der Waals surface area (Å²) >= 11 is 2.49. The molecule has 0 aliphatic carbocycles. The van der Waals surface area contributed by atoms with Crippen LogP contribution in [0.5, 0.6) is 0 Å². The van der Waals surface area contributed by atoms with Crippen molar-refractivity contribution in [2.24, 2.45) is 28.9 Å². The van der Waals surface area contributed by atoms with Gasteiger partial charge in [-0.2, -0.15) is 0 Å². The molecule has 2 saturated heterocycles. The number of nitrogens with one attached hydrogen (secondary N) is 9. The first-order valence-electron chi connectivity index (χ1n) is 33.3. The molecule has 104 heavy (non-hydrogen) atoms. The van der Waals surface area contributed by atoms with Crippen LogP contribution in [0.15, 0.2) is 23.3 Å². The maximum Gasteiger partial charge on any atom is 0.404 e. The Morgan fingerprint density at radius 3 is 2.07 bits per heavy atom. The first-order chi connectivity index (χ1) is 49.4. The summed E-state index contributed by atoms with van der Waals surface area (Å²) in [6, 6.07) is -7.89. The van der Waals surface area contributed by atoms with E-state index in [1.165, 1.54) is 50.4 Å². The fourth-order valence-electron chi connectivity index (χ4n) is 10.7. The second kappa shape index (κ2) is 40.9. The third-order valence-electron chi connectivity index (χ3n) is 16.7. The van der Waals surface area contributed by atoms with Crippen LogP contribution in [0.25, 0.3) is 10.7 Å². The van der Waals surface area contributed by atoms with Gasteiger partial charge in [0, 0.05) is 61.8 Å². The van der Waals surface area contributed by atoms with E-state index in [1.807, 2.05) is 6.92 Å². The van der Waals surface area contributed by atoms with E-state index in [0.717, 1.165) is 38.3 Å². The second-order valence-electron chi connectivity index (χ2n) is 24.7. The van der Waals surface area contributed by atoms with Gasteiger partial charge in [-0.25, -0.2) is 29.7 Å². The highest BCUT2D eigenvalue weighted by atomic mass is 32.1. The molecule has 19 atom stereocenters. The molecule has 6 heterocycles. The zero-order valence-electron chi connectivity index (χ0n) is 57.6.